The van der Waals surface area contributed by atoms with Crippen molar-refractivity contribution in [2.45, 2.75) is 50.7 Å². The molecule has 0 heterocycles. The predicted octanol–water partition coefficient (Wildman–Crippen LogP) is 3.30. The number of ether oxygens (including phenoxy) is 1. The molecule has 2 atom stereocenters. The van der Waals surface area contributed by atoms with Crippen molar-refractivity contribution in [2.24, 2.45) is 0 Å². The second kappa shape index (κ2) is 12.2. The van der Waals surface area contributed by atoms with Crippen LogP contribution in [0.4, 0.5) is 0 Å². The second-order valence-electron chi connectivity index (χ2n) is 8.08. The highest BCUT2D eigenvalue weighted by molar-refractivity contribution is 7.89. The van der Waals surface area contributed by atoms with E-state index in [1.165, 1.54) is 36.2 Å². The van der Waals surface area contributed by atoms with Crippen molar-refractivity contribution in [3.8, 4) is 5.75 Å². The summed E-state index contributed by atoms with van der Waals surface area (Å²) in [7, 11) is -1.06. The zero-order valence-electron chi connectivity index (χ0n) is 20.1. The molecule has 0 unspecified atom stereocenters. The van der Waals surface area contributed by atoms with Crippen molar-refractivity contribution in [1.82, 2.24) is 14.5 Å². The Morgan fingerprint density at radius 2 is 1.76 bits per heavy atom. The smallest absolute Gasteiger partial charge is 0.243 e. The normalized spacial score (nSPS) is 13.3. The van der Waals surface area contributed by atoms with Crippen LogP contribution in [0.25, 0.3) is 0 Å². The maximum atomic E-state index is 13.3. The topological polar surface area (TPSA) is 96.0 Å². The molecule has 2 aromatic carbocycles. The van der Waals surface area contributed by atoms with Crippen LogP contribution in [0.15, 0.2) is 53.4 Å². The molecule has 0 aromatic heterocycles. The first kappa shape index (κ1) is 27.6. The lowest BCUT2D eigenvalue weighted by atomic mass is 10.1. The van der Waals surface area contributed by atoms with Gasteiger partial charge in [0.2, 0.25) is 21.8 Å². The second-order valence-corrected chi connectivity index (χ2v) is 10.6. The van der Waals surface area contributed by atoms with Crippen LogP contribution in [-0.2, 0) is 26.2 Å². The Balaban J connectivity index is 2.29. The number of carbonyl (C=O) groups is 2. The molecule has 0 spiro atoms. The molecule has 1 N–H and O–H groups in total. The van der Waals surface area contributed by atoms with Gasteiger partial charge in [0.15, 0.2) is 0 Å². The zero-order valence-corrected chi connectivity index (χ0v) is 21.7. The van der Waals surface area contributed by atoms with E-state index in [9.17, 15) is 18.0 Å². The number of likely N-dealkylation sites (N-methyl/N-ethyl adjacent to an activating group) is 1. The number of methoxy groups -OCH3 is 1. The number of sulfonamides is 1. The number of benzene rings is 2. The van der Waals surface area contributed by atoms with Gasteiger partial charge in [0, 0.05) is 24.7 Å². The number of amides is 2. The number of rotatable bonds is 11. The van der Waals surface area contributed by atoms with E-state index in [1.807, 2.05) is 19.9 Å². The Bertz CT molecular complexity index is 1090. The van der Waals surface area contributed by atoms with E-state index in [0.717, 1.165) is 16.3 Å². The first-order chi connectivity index (χ1) is 16.0. The number of carbonyl (C=O) groups excluding carboxylic acids is 2. The molecule has 2 amide bonds. The maximum absolute atomic E-state index is 13.3. The molecule has 0 aliphatic heterocycles. The lowest BCUT2D eigenvalue weighted by molar-refractivity contribution is -0.140. The molecule has 0 aliphatic rings. The number of nitrogens with one attached hydrogen (secondary N) is 1. The molecule has 2 rings (SSSR count). The van der Waals surface area contributed by atoms with E-state index in [2.05, 4.69) is 5.32 Å². The van der Waals surface area contributed by atoms with E-state index >= 15 is 0 Å². The van der Waals surface area contributed by atoms with Crippen LogP contribution in [0.1, 0.15) is 32.8 Å². The molecule has 0 aliphatic carbocycles. The van der Waals surface area contributed by atoms with Gasteiger partial charge >= 0.3 is 0 Å². The third-order valence-electron chi connectivity index (χ3n) is 5.54. The largest absolute Gasteiger partial charge is 0.497 e. The van der Waals surface area contributed by atoms with Crippen molar-refractivity contribution < 1.29 is 22.7 Å². The van der Waals surface area contributed by atoms with E-state index in [-0.39, 0.29) is 23.4 Å². The Morgan fingerprint density at radius 1 is 1.12 bits per heavy atom. The average molecular weight is 510 g/mol. The molecular weight excluding hydrogens is 478 g/mol. The molecule has 0 saturated carbocycles. The number of nitrogens with zero attached hydrogens (tertiary/aromatic N) is 2. The summed E-state index contributed by atoms with van der Waals surface area (Å²) in [6, 6.07) is 12.0. The van der Waals surface area contributed by atoms with Gasteiger partial charge < -0.3 is 15.0 Å². The van der Waals surface area contributed by atoms with Gasteiger partial charge in [0.05, 0.1) is 18.6 Å². The van der Waals surface area contributed by atoms with Gasteiger partial charge in [-0.3, -0.25) is 9.59 Å². The summed E-state index contributed by atoms with van der Waals surface area (Å²) in [5.74, 6) is -0.201. The predicted molar refractivity (Wildman–Crippen MR) is 132 cm³/mol. The summed E-state index contributed by atoms with van der Waals surface area (Å²) in [5.41, 5.74) is 0.749. The molecular formula is C24H32ClN3O5S. The van der Waals surface area contributed by atoms with Gasteiger partial charge in [-0.2, -0.15) is 4.31 Å². The summed E-state index contributed by atoms with van der Waals surface area (Å²) in [6.07, 6.45) is 0.740. The number of hydrogen-bond donors (Lipinski definition) is 1. The van der Waals surface area contributed by atoms with Crippen LogP contribution >= 0.6 is 11.6 Å². The van der Waals surface area contributed by atoms with Gasteiger partial charge in [0.25, 0.3) is 0 Å². The molecule has 34 heavy (non-hydrogen) atoms. The van der Waals surface area contributed by atoms with Crippen LogP contribution in [0.3, 0.4) is 0 Å². The minimum Gasteiger partial charge on any atom is -0.497 e. The first-order valence-electron chi connectivity index (χ1n) is 10.9. The third-order valence-corrected chi connectivity index (χ3v) is 7.60. The number of halogens is 1. The SMILES string of the molecule is CC[C@H](C)NC(=O)[C@@H](C)N(Cc1cccc(OC)c1)C(=O)CN(C)S(=O)(=O)c1ccc(Cl)cc1. The highest BCUT2D eigenvalue weighted by Gasteiger charge is 2.30. The Morgan fingerprint density at radius 3 is 2.35 bits per heavy atom. The minimum atomic E-state index is -3.93. The fourth-order valence-corrected chi connectivity index (χ4v) is 4.41. The third kappa shape index (κ3) is 7.19. The summed E-state index contributed by atoms with van der Waals surface area (Å²) in [6.45, 7) is 5.13. The Labute approximate surface area is 206 Å². The van der Waals surface area contributed by atoms with Crippen LogP contribution in [0.5, 0.6) is 5.75 Å². The molecule has 8 nitrogen and oxygen atoms in total. The van der Waals surface area contributed by atoms with Gasteiger partial charge in [-0.05, 0) is 62.2 Å². The van der Waals surface area contributed by atoms with Crippen LogP contribution < -0.4 is 10.1 Å². The van der Waals surface area contributed by atoms with Crippen molar-refractivity contribution in [3.63, 3.8) is 0 Å². The van der Waals surface area contributed by atoms with Crippen molar-refractivity contribution in [2.75, 3.05) is 20.7 Å². The Kier molecular flexibility index (Phi) is 9.90. The van der Waals surface area contributed by atoms with Crippen LogP contribution in [-0.4, -0.2) is 62.2 Å². The lowest BCUT2D eigenvalue weighted by Crippen LogP contribution is -2.51. The molecule has 10 heteroatoms. The Hall–Kier alpha value is -2.62. The van der Waals surface area contributed by atoms with Crippen molar-refractivity contribution in [1.29, 1.82) is 0 Å². The molecule has 0 saturated heterocycles. The van der Waals surface area contributed by atoms with Crippen LogP contribution in [0, 0.1) is 0 Å². The zero-order chi connectivity index (χ0) is 25.5. The quantitative estimate of drug-likeness (QED) is 0.501. The molecule has 0 bridgehead atoms. The van der Waals surface area contributed by atoms with Crippen LogP contribution in [0.2, 0.25) is 5.02 Å². The van der Waals surface area contributed by atoms with Gasteiger partial charge in [0.1, 0.15) is 11.8 Å². The summed E-state index contributed by atoms with van der Waals surface area (Å²) < 4.78 is 32.1. The van der Waals surface area contributed by atoms with Gasteiger partial charge in [-0.25, -0.2) is 8.42 Å². The molecule has 2 aromatic rings. The van der Waals surface area contributed by atoms with Crippen molar-refractivity contribution >= 4 is 33.4 Å². The maximum Gasteiger partial charge on any atom is 0.243 e. The summed E-state index contributed by atoms with van der Waals surface area (Å²) in [4.78, 5) is 27.6. The summed E-state index contributed by atoms with van der Waals surface area (Å²) >= 11 is 5.86. The lowest BCUT2D eigenvalue weighted by Gasteiger charge is -2.31. The van der Waals surface area contributed by atoms with E-state index < -0.39 is 28.5 Å². The monoisotopic (exact) mass is 509 g/mol. The van der Waals surface area contributed by atoms with Gasteiger partial charge in [-0.1, -0.05) is 30.7 Å². The number of hydrogen-bond acceptors (Lipinski definition) is 5. The fraction of sp³-hybridized carbons (Fsp3) is 0.417. The van der Waals surface area contributed by atoms with Gasteiger partial charge in [-0.15, -0.1) is 0 Å². The first-order valence-corrected chi connectivity index (χ1v) is 12.8. The van der Waals surface area contributed by atoms with E-state index in [4.69, 9.17) is 16.3 Å². The van der Waals surface area contributed by atoms with E-state index in [0.29, 0.717) is 10.8 Å². The standard InChI is InChI=1S/C24H32ClN3O5S/c1-6-17(2)26-24(30)18(3)28(15-19-8-7-9-21(14-19)33-5)23(29)16-27(4)34(31,32)22-12-10-20(25)11-13-22/h7-14,17-18H,6,15-16H2,1-5H3,(H,26,30)/t17-,18+/m0/s1. The van der Waals surface area contributed by atoms with Crippen molar-refractivity contribution in [3.05, 3.63) is 59.1 Å². The average Bonchev–Trinajstić information content (AvgIpc) is 2.82. The summed E-state index contributed by atoms with van der Waals surface area (Å²) in [5, 5.41) is 3.29. The highest BCUT2D eigenvalue weighted by Crippen LogP contribution is 2.19. The highest BCUT2D eigenvalue weighted by atomic mass is 35.5. The van der Waals surface area contributed by atoms with E-state index in [1.54, 1.807) is 32.2 Å². The molecule has 0 fully saturated rings. The fourth-order valence-electron chi connectivity index (χ4n) is 3.17. The minimum absolute atomic E-state index is 0.0223. The molecule has 186 valence electrons. The molecule has 0 radical (unpaired) electrons.